The Hall–Kier alpha value is -2.37. The molecule has 0 heterocycles. The second kappa shape index (κ2) is 11.2. The Labute approximate surface area is 199 Å². The molecule has 0 aliphatic rings. The summed E-state index contributed by atoms with van der Waals surface area (Å²) in [6, 6.07) is 12.4. The van der Waals surface area contributed by atoms with Crippen LogP contribution in [0, 0.1) is 19.3 Å². The van der Waals surface area contributed by atoms with Crippen molar-refractivity contribution < 1.29 is 19.7 Å². The lowest BCUT2D eigenvalue weighted by atomic mass is 9.70. The first-order valence-electron chi connectivity index (χ1n) is 11.9. The van der Waals surface area contributed by atoms with Gasteiger partial charge < -0.3 is 20.3 Å². The first-order valence-corrected chi connectivity index (χ1v) is 11.9. The van der Waals surface area contributed by atoms with Crippen LogP contribution in [0.15, 0.2) is 36.4 Å². The minimum atomic E-state index is -0.544. The van der Waals surface area contributed by atoms with Gasteiger partial charge in [-0.15, -0.1) is 0 Å². The standard InChI is InChI=1S/C28H41NO4/c1-8-28(9-2,21-10-12-23(19(3)16-21)26(32)29-14-15-30)22-11-13-24(20(4)17-22)33-18-25(31)27(5,6)7/h10-13,16-17,25,30-31H,8-9,14-15,18H2,1-7H3,(H,29,32). The molecule has 182 valence electrons. The summed E-state index contributed by atoms with van der Waals surface area (Å²) in [5, 5.41) is 22.0. The van der Waals surface area contributed by atoms with Crippen LogP contribution in [0.2, 0.25) is 0 Å². The van der Waals surface area contributed by atoms with Crippen LogP contribution < -0.4 is 10.1 Å². The van der Waals surface area contributed by atoms with Crippen molar-refractivity contribution in [2.75, 3.05) is 19.8 Å². The van der Waals surface area contributed by atoms with E-state index in [0.29, 0.717) is 5.56 Å². The monoisotopic (exact) mass is 455 g/mol. The van der Waals surface area contributed by atoms with Gasteiger partial charge in [-0.05, 0) is 66.5 Å². The Kier molecular flexibility index (Phi) is 9.10. The zero-order valence-corrected chi connectivity index (χ0v) is 21.3. The average molecular weight is 456 g/mol. The van der Waals surface area contributed by atoms with Gasteiger partial charge in [0.25, 0.3) is 5.91 Å². The molecule has 0 aromatic heterocycles. The van der Waals surface area contributed by atoms with E-state index in [1.807, 2.05) is 52.8 Å². The Morgan fingerprint density at radius 1 is 1.00 bits per heavy atom. The molecule has 0 aliphatic carbocycles. The molecule has 0 spiro atoms. The highest BCUT2D eigenvalue weighted by molar-refractivity contribution is 5.95. The van der Waals surface area contributed by atoms with Crippen LogP contribution in [0.1, 0.15) is 80.1 Å². The van der Waals surface area contributed by atoms with Crippen molar-refractivity contribution in [3.05, 3.63) is 64.2 Å². The quantitative estimate of drug-likeness (QED) is 0.475. The lowest BCUT2D eigenvalue weighted by molar-refractivity contribution is 0.0216. The number of rotatable bonds is 10. The van der Waals surface area contributed by atoms with Crippen molar-refractivity contribution in [2.24, 2.45) is 5.41 Å². The third-order valence-corrected chi connectivity index (χ3v) is 6.75. The molecule has 0 saturated heterocycles. The van der Waals surface area contributed by atoms with Gasteiger partial charge in [0.1, 0.15) is 12.4 Å². The number of aliphatic hydroxyl groups is 2. The molecule has 2 rings (SSSR count). The third kappa shape index (κ3) is 6.15. The summed E-state index contributed by atoms with van der Waals surface area (Å²) in [6.45, 7) is 14.8. The molecule has 2 aromatic rings. The number of hydrogen-bond acceptors (Lipinski definition) is 4. The highest BCUT2D eigenvalue weighted by Gasteiger charge is 2.32. The third-order valence-electron chi connectivity index (χ3n) is 6.75. The maximum atomic E-state index is 12.4. The van der Waals surface area contributed by atoms with Crippen LogP contribution in [0.25, 0.3) is 0 Å². The van der Waals surface area contributed by atoms with Gasteiger partial charge in [-0.25, -0.2) is 0 Å². The summed E-state index contributed by atoms with van der Waals surface area (Å²) in [5.74, 6) is 0.622. The topological polar surface area (TPSA) is 78.8 Å². The van der Waals surface area contributed by atoms with E-state index < -0.39 is 6.10 Å². The fourth-order valence-corrected chi connectivity index (χ4v) is 4.24. The van der Waals surface area contributed by atoms with Gasteiger partial charge >= 0.3 is 0 Å². The number of aliphatic hydroxyl groups excluding tert-OH is 2. The summed E-state index contributed by atoms with van der Waals surface area (Å²) in [7, 11) is 0. The van der Waals surface area contributed by atoms with Crippen molar-refractivity contribution in [3.8, 4) is 5.75 Å². The second-order valence-corrected chi connectivity index (χ2v) is 9.97. The number of amides is 1. The summed E-state index contributed by atoms with van der Waals surface area (Å²) < 4.78 is 5.95. The number of ether oxygens (including phenoxy) is 1. The SMILES string of the molecule is CCC(CC)(c1ccc(OCC(O)C(C)(C)C)c(C)c1)c1ccc(C(=O)NCCO)c(C)c1. The Bertz CT molecular complexity index is 941. The lowest BCUT2D eigenvalue weighted by Gasteiger charge is -2.34. The Balaban J connectivity index is 2.36. The van der Waals surface area contributed by atoms with Crippen LogP contribution in [-0.4, -0.2) is 42.0 Å². The number of benzene rings is 2. The Morgan fingerprint density at radius 3 is 2.06 bits per heavy atom. The van der Waals surface area contributed by atoms with E-state index in [4.69, 9.17) is 9.84 Å². The zero-order valence-electron chi connectivity index (χ0n) is 21.3. The lowest BCUT2D eigenvalue weighted by Crippen LogP contribution is -2.32. The molecule has 5 heteroatoms. The molecule has 33 heavy (non-hydrogen) atoms. The zero-order chi connectivity index (χ0) is 24.8. The van der Waals surface area contributed by atoms with Gasteiger partial charge in [0.2, 0.25) is 0 Å². The molecule has 0 bridgehead atoms. The molecule has 0 radical (unpaired) electrons. The fourth-order valence-electron chi connectivity index (χ4n) is 4.24. The normalized spacial score (nSPS) is 13.0. The van der Waals surface area contributed by atoms with Crippen LogP contribution in [0.3, 0.4) is 0 Å². The predicted molar refractivity (Wildman–Crippen MR) is 134 cm³/mol. The minimum Gasteiger partial charge on any atom is -0.491 e. The van der Waals surface area contributed by atoms with Gasteiger partial charge in [-0.1, -0.05) is 58.9 Å². The Morgan fingerprint density at radius 2 is 1.58 bits per heavy atom. The molecule has 1 atom stereocenters. The van der Waals surface area contributed by atoms with Crippen molar-refractivity contribution in [1.29, 1.82) is 0 Å². The van der Waals surface area contributed by atoms with E-state index in [9.17, 15) is 9.90 Å². The van der Waals surface area contributed by atoms with Crippen LogP contribution in [-0.2, 0) is 5.41 Å². The highest BCUT2D eigenvalue weighted by atomic mass is 16.5. The molecular formula is C28H41NO4. The molecule has 2 aromatic carbocycles. The molecule has 1 unspecified atom stereocenters. The largest absolute Gasteiger partial charge is 0.491 e. The highest BCUT2D eigenvalue weighted by Crippen LogP contribution is 2.41. The van der Waals surface area contributed by atoms with Gasteiger partial charge in [0.05, 0.1) is 12.7 Å². The molecule has 1 amide bonds. The van der Waals surface area contributed by atoms with Crippen molar-refractivity contribution in [3.63, 3.8) is 0 Å². The first kappa shape index (κ1) is 26.9. The molecule has 3 N–H and O–H groups in total. The molecular weight excluding hydrogens is 414 g/mol. The van der Waals surface area contributed by atoms with Crippen molar-refractivity contribution in [2.45, 2.75) is 72.8 Å². The molecule has 0 aliphatic heterocycles. The summed E-state index contributed by atoms with van der Waals surface area (Å²) in [6.07, 6.45) is 1.29. The van der Waals surface area contributed by atoms with Gasteiger partial charge in [-0.3, -0.25) is 4.79 Å². The first-order chi connectivity index (χ1) is 15.5. The van der Waals surface area contributed by atoms with E-state index in [-0.39, 0.29) is 36.5 Å². The molecule has 0 fully saturated rings. The van der Waals surface area contributed by atoms with Gasteiger partial charge in [0, 0.05) is 17.5 Å². The predicted octanol–water partition coefficient (Wildman–Crippen LogP) is 4.92. The fraction of sp³-hybridized carbons (Fsp3) is 0.536. The molecule has 0 saturated carbocycles. The summed E-state index contributed by atoms with van der Waals surface area (Å²) >= 11 is 0. The summed E-state index contributed by atoms with van der Waals surface area (Å²) in [4.78, 5) is 12.4. The average Bonchev–Trinajstić information content (AvgIpc) is 2.77. The summed E-state index contributed by atoms with van der Waals surface area (Å²) in [5.41, 5.74) is 4.57. The van der Waals surface area contributed by atoms with Crippen molar-refractivity contribution >= 4 is 5.91 Å². The van der Waals surface area contributed by atoms with E-state index in [1.165, 1.54) is 11.1 Å². The molecule has 5 nitrogen and oxygen atoms in total. The van der Waals surface area contributed by atoms with Gasteiger partial charge in [0.15, 0.2) is 0 Å². The second-order valence-electron chi connectivity index (χ2n) is 9.97. The maximum Gasteiger partial charge on any atom is 0.251 e. The van der Waals surface area contributed by atoms with E-state index >= 15 is 0 Å². The number of aryl methyl sites for hydroxylation is 2. The van der Waals surface area contributed by atoms with E-state index in [0.717, 1.165) is 29.7 Å². The maximum absolute atomic E-state index is 12.4. The number of hydrogen-bond donors (Lipinski definition) is 3. The van der Waals surface area contributed by atoms with E-state index in [1.54, 1.807) is 0 Å². The number of carbonyl (C=O) groups excluding carboxylic acids is 1. The minimum absolute atomic E-state index is 0.0775. The number of carbonyl (C=O) groups is 1. The van der Waals surface area contributed by atoms with Crippen LogP contribution >= 0.6 is 0 Å². The van der Waals surface area contributed by atoms with Crippen molar-refractivity contribution in [1.82, 2.24) is 5.32 Å². The van der Waals surface area contributed by atoms with Gasteiger partial charge in [-0.2, -0.15) is 0 Å². The van der Waals surface area contributed by atoms with Crippen LogP contribution in [0.4, 0.5) is 0 Å². The number of nitrogens with one attached hydrogen (secondary N) is 1. The van der Waals surface area contributed by atoms with Crippen LogP contribution in [0.5, 0.6) is 5.75 Å². The smallest absolute Gasteiger partial charge is 0.251 e. The van der Waals surface area contributed by atoms with E-state index in [2.05, 4.69) is 37.4 Å².